The molecule has 104 valence electrons. The van der Waals surface area contributed by atoms with Gasteiger partial charge >= 0.3 is 5.97 Å². The van der Waals surface area contributed by atoms with Gasteiger partial charge in [0.1, 0.15) is 5.54 Å². The third-order valence-corrected chi connectivity index (χ3v) is 4.10. The van der Waals surface area contributed by atoms with Crippen molar-refractivity contribution in [1.82, 2.24) is 4.90 Å². The monoisotopic (exact) mass is 261 g/mol. The van der Waals surface area contributed by atoms with E-state index in [2.05, 4.69) is 24.3 Å². The van der Waals surface area contributed by atoms with Crippen molar-refractivity contribution in [3.63, 3.8) is 0 Å². The van der Waals surface area contributed by atoms with Gasteiger partial charge in [-0.2, -0.15) is 0 Å². The molecule has 0 saturated heterocycles. The van der Waals surface area contributed by atoms with E-state index in [1.807, 2.05) is 11.8 Å². The van der Waals surface area contributed by atoms with Crippen LogP contribution in [0.15, 0.2) is 24.3 Å². The lowest BCUT2D eigenvalue weighted by Crippen LogP contribution is -2.49. The highest BCUT2D eigenvalue weighted by Crippen LogP contribution is 2.39. The van der Waals surface area contributed by atoms with Crippen LogP contribution in [0.5, 0.6) is 0 Å². The Kier molecular flexibility index (Phi) is 3.95. The van der Waals surface area contributed by atoms with Crippen molar-refractivity contribution in [2.24, 2.45) is 0 Å². The number of benzene rings is 1. The number of hydrogen-bond acceptors (Lipinski definition) is 2. The fraction of sp³-hybridized carbons (Fsp3) is 0.562. The van der Waals surface area contributed by atoms with Crippen LogP contribution >= 0.6 is 0 Å². The Morgan fingerprint density at radius 2 is 1.89 bits per heavy atom. The van der Waals surface area contributed by atoms with Gasteiger partial charge in [0.15, 0.2) is 0 Å². The van der Waals surface area contributed by atoms with Gasteiger partial charge in [-0.05, 0) is 50.3 Å². The fourth-order valence-electron chi connectivity index (χ4n) is 2.37. The second-order valence-electron chi connectivity index (χ2n) is 5.89. The number of likely N-dealkylation sites (N-methyl/N-ethyl adjacent to an activating group) is 1. The molecule has 0 atom stereocenters. The summed E-state index contributed by atoms with van der Waals surface area (Å²) in [6, 6.07) is 8.64. The molecule has 3 heteroatoms. The Bertz CT molecular complexity index is 446. The smallest absolute Gasteiger partial charge is 0.323 e. The molecular formula is C16H23NO2. The van der Waals surface area contributed by atoms with Gasteiger partial charge in [0.25, 0.3) is 0 Å². The third-order valence-electron chi connectivity index (χ3n) is 4.10. The highest BCUT2D eigenvalue weighted by atomic mass is 16.4. The first kappa shape index (κ1) is 14.1. The van der Waals surface area contributed by atoms with Crippen LogP contribution in [0.25, 0.3) is 0 Å². The minimum Gasteiger partial charge on any atom is -0.480 e. The number of hydrogen-bond donors (Lipinski definition) is 1. The van der Waals surface area contributed by atoms with E-state index in [4.69, 9.17) is 0 Å². The molecule has 2 rings (SSSR count). The van der Waals surface area contributed by atoms with E-state index < -0.39 is 11.5 Å². The Morgan fingerprint density at radius 3 is 2.32 bits per heavy atom. The van der Waals surface area contributed by atoms with Crippen molar-refractivity contribution in [2.75, 3.05) is 6.54 Å². The van der Waals surface area contributed by atoms with Crippen molar-refractivity contribution >= 4 is 5.97 Å². The number of rotatable bonds is 6. The van der Waals surface area contributed by atoms with E-state index in [-0.39, 0.29) is 0 Å². The summed E-state index contributed by atoms with van der Waals surface area (Å²) >= 11 is 0. The Labute approximate surface area is 115 Å². The van der Waals surface area contributed by atoms with Gasteiger partial charge in [-0.25, -0.2) is 0 Å². The lowest BCUT2D eigenvalue weighted by molar-refractivity contribution is -0.149. The minimum absolute atomic E-state index is 0.681. The lowest BCUT2D eigenvalue weighted by Gasteiger charge is -2.34. The Balaban J connectivity index is 2.07. The largest absolute Gasteiger partial charge is 0.480 e. The fourth-order valence-corrected chi connectivity index (χ4v) is 2.37. The average Bonchev–Trinajstić information content (AvgIpc) is 3.20. The van der Waals surface area contributed by atoms with Crippen LogP contribution < -0.4 is 0 Å². The molecule has 0 spiro atoms. The van der Waals surface area contributed by atoms with Crippen LogP contribution in [0.4, 0.5) is 0 Å². The number of nitrogens with zero attached hydrogens (tertiary/aromatic N) is 1. The molecule has 0 amide bonds. The molecule has 0 radical (unpaired) electrons. The lowest BCUT2D eigenvalue weighted by atomic mass is 10.0. The predicted octanol–water partition coefficient (Wildman–Crippen LogP) is 3.25. The molecule has 0 unspecified atom stereocenters. The second-order valence-corrected chi connectivity index (χ2v) is 5.89. The standard InChI is InChI=1S/C16H23NO2/c1-4-17(16(2,3)15(18)19)11-12-5-7-13(8-6-12)14-9-10-14/h5-8,14H,4,9-11H2,1-3H3,(H,18,19). The van der Waals surface area contributed by atoms with Gasteiger partial charge in [-0.15, -0.1) is 0 Å². The topological polar surface area (TPSA) is 40.5 Å². The maximum Gasteiger partial charge on any atom is 0.323 e. The molecule has 0 heterocycles. The summed E-state index contributed by atoms with van der Waals surface area (Å²) in [5.74, 6) is -0.00395. The maximum absolute atomic E-state index is 11.3. The van der Waals surface area contributed by atoms with E-state index in [0.29, 0.717) is 6.54 Å². The van der Waals surface area contributed by atoms with E-state index in [0.717, 1.165) is 12.5 Å². The minimum atomic E-state index is -0.829. The number of carboxylic acid groups (broad SMARTS) is 1. The first-order valence-corrected chi connectivity index (χ1v) is 7.02. The molecule has 1 aliphatic carbocycles. The first-order valence-electron chi connectivity index (χ1n) is 7.02. The molecule has 1 aromatic rings. The SMILES string of the molecule is CCN(Cc1ccc(C2CC2)cc1)C(C)(C)C(=O)O. The summed E-state index contributed by atoms with van der Waals surface area (Å²) in [5.41, 5.74) is 1.77. The highest BCUT2D eigenvalue weighted by Gasteiger charge is 2.33. The zero-order valence-corrected chi connectivity index (χ0v) is 12.0. The molecule has 3 nitrogen and oxygen atoms in total. The van der Waals surface area contributed by atoms with Gasteiger partial charge in [0, 0.05) is 6.54 Å². The molecule has 1 aliphatic rings. The summed E-state index contributed by atoms with van der Waals surface area (Å²) in [6.07, 6.45) is 2.62. The normalized spacial score (nSPS) is 15.8. The van der Waals surface area contributed by atoms with Gasteiger partial charge in [0.2, 0.25) is 0 Å². The molecule has 0 bridgehead atoms. The van der Waals surface area contributed by atoms with E-state index >= 15 is 0 Å². The zero-order chi connectivity index (χ0) is 14.0. The van der Waals surface area contributed by atoms with Crippen LogP contribution in [0.2, 0.25) is 0 Å². The number of carbonyl (C=O) groups is 1. The highest BCUT2D eigenvalue weighted by molar-refractivity contribution is 5.77. The second kappa shape index (κ2) is 5.33. The van der Waals surface area contributed by atoms with Crippen molar-refractivity contribution in [3.8, 4) is 0 Å². The van der Waals surface area contributed by atoms with Crippen LogP contribution in [-0.2, 0) is 11.3 Å². The van der Waals surface area contributed by atoms with E-state index in [1.165, 1.54) is 24.0 Å². The molecule has 0 aliphatic heterocycles. The molecule has 1 fully saturated rings. The van der Waals surface area contributed by atoms with Crippen molar-refractivity contribution in [1.29, 1.82) is 0 Å². The Hall–Kier alpha value is -1.35. The van der Waals surface area contributed by atoms with Gasteiger partial charge in [-0.3, -0.25) is 9.69 Å². The summed E-state index contributed by atoms with van der Waals surface area (Å²) in [4.78, 5) is 13.3. The van der Waals surface area contributed by atoms with Gasteiger partial charge < -0.3 is 5.11 Å². The summed E-state index contributed by atoms with van der Waals surface area (Å²) in [7, 11) is 0. The predicted molar refractivity (Wildman–Crippen MR) is 76.2 cm³/mol. The van der Waals surface area contributed by atoms with Crippen molar-refractivity contribution in [2.45, 2.75) is 51.6 Å². The van der Waals surface area contributed by atoms with Crippen molar-refractivity contribution < 1.29 is 9.90 Å². The molecule has 0 aromatic heterocycles. The molecule has 1 aromatic carbocycles. The third kappa shape index (κ3) is 3.16. The van der Waals surface area contributed by atoms with Crippen LogP contribution in [0.1, 0.15) is 50.7 Å². The first-order chi connectivity index (χ1) is 8.95. The van der Waals surface area contributed by atoms with Crippen molar-refractivity contribution in [3.05, 3.63) is 35.4 Å². The number of carboxylic acids is 1. The zero-order valence-electron chi connectivity index (χ0n) is 12.0. The van der Waals surface area contributed by atoms with Crippen LogP contribution in [0.3, 0.4) is 0 Å². The summed E-state index contributed by atoms with van der Waals surface area (Å²) in [5, 5.41) is 9.30. The molecule has 19 heavy (non-hydrogen) atoms. The summed E-state index contributed by atoms with van der Waals surface area (Å²) < 4.78 is 0. The van der Waals surface area contributed by atoms with E-state index in [9.17, 15) is 9.90 Å². The maximum atomic E-state index is 11.3. The average molecular weight is 261 g/mol. The number of aliphatic carboxylic acids is 1. The molecule has 1 N–H and O–H groups in total. The molecule has 1 saturated carbocycles. The van der Waals surface area contributed by atoms with Gasteiger partial charge in [0.05, 0.1) is 0 Å². The molecular weight excluding hydrogens is 238 g/mol. The summed E-state index contributed by atoms with van der Waals surface area (Å²) in [6.45, 7) is 6.93. The Morgan fingerprint density at radius 1 is 1.32 bits per heavy atom. The van der Waals surface area contributed by atoms with Crippen LogP contribution in [-0.4, -0.2) is 28.1 Å². The van der Waals surface area contributed by atoms with Gasteiger partial charge in [-0.1, -0.05) is 31.2 Å². The quantitative estimate of drug-likeness (QED) is 0.854. The van der Waals surface area contributed by atoms with Crippen LogP contribution in [0, 0.1) is 0 Å². The van der Waals surface area contributed by atoms with E-state index in [1.54, 1.807) is 13.8 Å².